The first-order valence-electron chi connectivity index (χ1n) is 8.73. The van der Waals surface area contributed by atoms with E-state index in [0.717, 1.165) is 21.4 Å². The number of para-hydroxylation sites is 1. The van der Waals surface area contributed by atoms with Gasteiger partial charge in [0.1, 0.15) is 11.4 Å². The van der Waals surface area contributed by atoms with Crippen LogP contribution in [-0.4, -0.2) is 10.9 Å². The molecule has 132 valence electrons. The van der Waals surface area contributed by atoms with Gasteiger partial charge >= 0.3 is 0 Å². The summed E-state index contributed by atoms with van der Waals surface area (Å²) in [6.45, 7) is 10.5. The Bertz CT molecular complexity index is 812. The van der Waals surface area contributed by atoms with Gasteiger partial charge in [0.25, 0.3) is 0 Å². The Hall–Kier alpha value is -1.65. The summed E-state index contributed by atoms with van der Waals surface area (Å²) >= 11 is 3.49. The monoisotopic (exact) mass is 400 g/mol. The van der Waals surface area contributed by atoms with Gasteiger partial charge in [0.05, 0.1) is 5.69 Å². The highest BCUT2D eigenvalue weighted by atomic mass is 79.9. The lowest BCUT2D eigenvalue weighted by Gasteiger charge is -2.21. The molecule has 4 heteroatoms. The van der Waals surface area contributed by atoms with Crippen molar-refractivity contribution in [2.45, 2.75) is 52.1 Å². The van der Waals surface area contributed by atoms with E-state index in [9.17, 15) is 5.11 Å². The van der Waals surface area contributed by atoms with Crippen LogP contribution in [0.4, 0.5) is 11.4 Å². The second kappa shape index (κ2) is 6.58. The van der Waals surface area contributed by atoms with Gasteiger partial charge in [0.2, 0.25) is 0 Å². The summed E-state index contributed by atoms with van der Waals surface area (Å²) in [6.07, 6.45) is 0. The van der Waals surface area contributed by atoms with E-state index >= 15 is 0 Å². The van der Waals surface area contributed by atoms with Gasteiger partial charge in [-0.2, -0.15) is 0 Å². The van der Waals surface area contributed by atoms with E-state index in [4.69, 9.17) is 4.99 Å². The van der Waals surface area contributed by atoms with E-state index < -0.39 is 5.60 Å². The SMILES string of the molecule is CC(C)c1cccc(C(C)C)c1N=C1Nc2ccc(Br)cc2C1(C)O. The fourth-order valence-corrected chi connectivity index (χ4v) is 3.66. The van der Waals surface area contributed by atoms with Gasteiger partial charge in [0, 0.05) is 15.7 Å². The minimum absolute atomic E-state index is 0.362. The largest absolute Gasteiger partial charge is 0.377 e. The number of aliphatic hydroxyl groups is 1. The molecule has 0 saturated carbocycles. The molecule has 1 atom stereocenters. The number of amidine groups is 1. The molecule has 1 heterocycles. The molecule has 1 aliphatic heterocycles. The van der Waals surface area contributed by atoms with Crippen molar-refractivity contribution >= 4 is 33.1 Å². The fourth-order valence-electron chi connectivity index (χ4n) is 3.29. The predicted molar refractivity (Wildman–Crippen MR) is 109 cm³/mol. The number of aliphatic imine (C=N–C) groups is 1. The van der Waals surface area contributed by atoms with Crippen LogP contribution in [0.15, 0.2) is 45.9 Å². The first-order valence-corrected chi connectivity index (χ1v) is 9.52. The van der Waals surface area contributed by atoms with Crippen molar-refractivity contribution < 1.29 is 5.11 Å². The van der Waals surface area contributed by atoms with Crippen molar-refractivity contribution in [3.63, 3.8) is 0 Å². The van der Waals surface area contributed by atoms with Gasteiger partial charge in [-0.3, -0.25) is 0 Å². The smallest absolute Gasteiger partial charge is 0.146 e. The zero-order chi connectivity index (χ0) is 18.4. The Kier molecular flexibility index (Phi) is 4.78. The molecule has 1 aliphatic rings. The number of hydrogen-bond donors (Lipinski definition) is 2. The highest BCUT2D eigenvalue weighted by molar-refractivity contribution is 9.10. The fraction of sp³-hybridized carbons (Fsp3) is 0.381. The summed E-state index contributed by atoms with van der Waals surface area (Å²) in [6, 6.07) is 12.2. The van der Waals surface area contributed by atoms with Crippen LogP contribution in [0.1, 0.15) is 63.1 Å². The number of nitrogens with one attached hydrogen (secondary N) is 1. The van der Waals surface area contributed by atoms with Crippen molar-refractivity contribution in [2.24, 2.45) is 4.99 Å². The van der Waals surface area contributed by atoms with Gasteiger partial charge in [-0.25, -0.2) is 4.99 Å². The molecule has 0 bridgehead atoms. The predicted octanol–water partition coefficient (Wildman–Crippen LogP) is 6.06. The Labute approximate surface area is 158 Å². The van der Waals surface area contributed by atoms with E-state index in [-0.39, 0.29) is 0 Å². The molecule has 0 saturated heterocycles. The summed E-state index contributed by atoms with van der Waals surface area (Å²) in [5.74, 6) is 1.30. The van der Waals surface area contributed by atoms with Crippen LogP contribution in [0.5, 0.6) is 0 Å². The molecule has 2 N–H and O–H groups in total. The molecule has 0 aliphatic carbocycles. The van der Waals surface area contributed by atoms with Crippen LogP contribution in [0, 0.1) is 0 Å². The molecule has 2 aromatic carbocycles. The van der Waals surface area contributed by atoms with Crippen molar-refractivity contribution in [3.05, 3.63) is 57.6 Å². The van der Waals surface area contributed by atoms with Crippen LogP contribution in [0.3, 0.4) is 0 Å². The first kappa shape index (κ1) is 18.2. The summed E-state index contributed by atoms with van der Waals surface area (Å²) < 4.78 is 0.944. The Morgan fingerprint density at radius 3 is 2.20 bits per heavy atom. The lowest BCUT2D eigenvalue weighted by molar-refractivity contribution is 0.137. The van der Waals surface area contributed by atoms with Gasteiger partial charge in [-0.15, -0.1) is 0 Å². The standard InChI is InChI=1S/C21H25BrN2O/c1-12(2)15-7-6-8-16(13(3)4)19(15)24-20-21(5,25)17-11-14(22)9-10-18(17)23-20/h6-13,25H,1-5H3,(H,23,24). The maximum Gasteiger partial charge on any atom is 0.146 e. The Morgan fingerprint density at radius 2 is 1.64 bits per heavy atom. The number of nitrogens with zero attached hydrogens (tertiary/aromatic N) is 1. The minimum Gasteiger partial charge on any atom is -0.377 e. The van der Waals surface area contributed by atoms with Crippen LogP contribution in [-0.2, 0) is 5.60 Å². The second-order valence-corrected chi connectivity index (χ2v) is 8.36. The average molecular weight is 401 g/mol. The maximum absolute atomic E-state index is 11.1. The number of fused-ring (bicyclic) bond motifs is 1. The van der Waals surface area contributed by atoms with Crippen LogP contribution >= 0.6 is 15.9 Å². The lowest BCUT2D eigenvalue weighted by atomic mass is 9.92. The molecule has 3 rings (SSSR count). The highest BCUT2D eigenvalue weighted by Gasteiger charge is 2.39. The summed E-state index contributed by atoms with van der Waals surface area (Å²) in [4.78, 5) is 4.94. The lowest BCUT2D eigenvalue weighted by Crippen LogP contribution is -2.30. The summed E-state index contributed by atoms with van der Waals surface area (Å²) in [7, 11) is 0. The van der Waals surface area contributed by atoms with Crippen molar-refractivity contribution in [1.82, 2.24) is 0 Å². The van der Waals surface area contributed by atoms with Gasteiger partial charge in [-0.05, 0) is 48.1 Å². The molecular formula is C21H25BrN2O. The van der Waals surface area contributed by atoms with Crippen molar-refractivity contribution in [2.75, 3.05) is 5.32 Å². The topological polar surface area (TPSA) is 44.6 Å². The van der Waals surface area contributed by atoms with Crippen molar-refractivity contribution in [3.8, 4) is 0 Å². The third kappa shape index (κ3) is 3.25. The third-order valence-corrected chi connectivity index (χ3v) is 5.28. The number of halogens is 1. The maximum atomic E-state index is 11.1. The van der Waals surface area contributed by atoms with Crippen LogP contribution in [0.25, 0.3) is 0 Å². The van der Waals surface area contributed by atoms with Crippen molar-refractivity contribution in [1.29, 1.82) is 0 Å². The van der Waals surface area contributed by atoms with Gasteiger partial charge < -0.3 is 10.4 Å². The molecule has 2 aromatic rings. The molecule has 0 radical (unpaired) electrons. The van der Waals surface area contributed by atoms with Crippen LogP contribution in [0.2, 0.25) is 0 Å². The number of benzene rings is 2. The molecule has 0 fully saturated rings. The second-order valence-electron chi connectivity index (χ2n) is 7.44. The Morgan fingerprint density at radius 1 is 1.04 bits per heavy atom. The van der Waals surface area contributed by atoms with E-state index in [0.29, 0.717) is 17.7 Å². The Balaban J connectivity index is 2.17. The quantitative estimate of drug-likeness (QED) is 0.657. The number of hydrogen-bond acceptors (Lipinski definition) is 2. The first-order chi connectivity index (χ1) is 11.7. The molecular weight excluding hydrogens is 376 g/mol. The normalized spacial score (nSPS) is 21.1. The molecule has 3 nitrogen and oxygen atoms in total. The minimum atomic E-state index is -1.14. The molecule has 1 unspecified atom stereocenters. The summed E-state index contributed by atoms with van der Waals surface area (Å²) in [5, 5.41) is 14.4. The van der Waals surface area contributed by atoms with E-state index in [1.165, 1.54) is 11.1 Å². The molecule has 0 amide bonds. The van der Waals surface area contributed by atoms with Gasteiger partial charge in [0.15, 0.2) is 0 Å². The van der Waals surface area contributed by atoms with Crippen LogP contribution < -0.4 is 5.32 Å². The number of rotatable bonds is 3. The summed E-state index contributed by atoms with van der Waals surface area (Å²) in [5.41, 5.74) is 3.98. The molecule has 0 spiro atoms. The molecule has 0 aromatic heterocycles. The number of anilines is 1. The van der Waals surface area contributed by atoms with E-state index in [1.54, 1.807) is 6.92 Å². The molecule has 25 heavy (non-hydrogen) atoms. The third-order valence-electron chi connectivity index (χ3n) is 4.79. The zero-order valence-electron chi connectivity index (χ0n) is 15.4. The average Bonchev–Trinajstić information content (AvgIpc) is 2.78. The highest BCUT2D eigenvalue weighted by Crippen LogP contribution is 2.41. The van der Waals surface area contributed by atoms with Gasteiger partial charge in [-0.1, -0.05) is 61.8 Å². The van der Waals surface area contributed by atoms with E-state index in [2.05, 4.69) is 67.1 Å². The van der Waals surface area contributed by atoms with E-state index in [1.807, 2.05) is 18.2 Å². The zero-order valence-corrected chi connectivity index (χ0v) is 17.0.